The van der Waals surface area contributed by atoms with Crippen molar-refractivity contribution >= 4 is 11.6 Å². The number of nitrogens with zero attached hydrogens (tertiary/aromatic N) is 2. The van der Waals surface area contributed by atoms with Gasteiger partial charge in [0.25, 0.3) is 0 Å². The first kappa shape index (κ1) is 14.0. The number of halogens is 4. The second-order valence-corrected chi connectivity index (χ2v) is 3.57. The highest BCUT2D eigenvalue weighted by Gasteiger charge is 2.38. The van der Waals surface area contributed by atoms with Gasteiger partial charge in [-0.1, -0.05) is 11.6 Å². The van der Waals surface area contributed by atoms with E-state index in [1.165, 1.54) is 7.11 Å². The van der Waals surface area contributed by atoms with Gasteiger partial charge < -0.3 is 9.47 Å². The SMILES string of the molecule is COCc1nc(Cl)cc(OC(C)C(F)(F)F)n1. The van der Waals surface area contributed by atoms with Gasteiger partial charge in [0.05, 0.1) is 0 Å². The van der Waals surface area contributed by atoms with E-state index in [4.69, 9.17) is 16.3 Å². The van der Waals surface area contributed by atoms with Gasteiger partial charge in [-0.2, -0.15) is 18.2 Å². The Balaban J connectivity index is 2.84. The van der Waals surface area contributed by atoms with Gasteiger partial charge in [0.1, 0.15) is 11.8 Å². The fraction of sp³-hybridized carbons (Fsp3) is 0.556. The molecule has 17 heavy (non-hydrogen) atoms. The zero-order valence-corrected chi connectivity index (χ0v) is 9.84. The lowest BCUT2D eigenvalue weighted by atomic mass is 10.4. The van der Waals surface area contributed by atoms with Gasteiger partial charge in [-0.15, -0.1) is 0 Å². The van der Waals surface area contributed by atoms with Crippen molar-refractivity contribution in [2.24, 2.45) is 0 Å². The van der Waals surface area contributed by atoms with E-state index in [1.54, 1.807) is 0 Å². The summed E-state index contributed by atoms with van der Waals surface area (Å²) in [5.74, 6) is -0.0775. The zero-order chi connectivity index (χ0) is 13.1. The lowest BCUT2D eigenvalue weighted by Gasteiger charge is -2.17. The molecule has 1 atom stereocenters. The third kappa shape index (κ3) is 4.35. The predicted molar refractivity (Wildman–Crippen MR) is 53.9 cm³/mol. The molecular formula is C9H10ClF3N2O2. The molecule has 1 aromatic heterocycles. The van der Waals surface area contributed by atoms with Gasteiger partial charge >= 0.3 is 6.18 Å². The van der Waals surface area contributed by atoms with E-state index in [2.05, 4.69) is 14.7 Å². The van der Waals surface area contributed by atoms with Crippen molar-refractivity contribution in [2.45, 2.75) is 25.8 Å². The third-order valence-corrected chi connectivity index (χ3v) is 1.94. The summed E-state index contributed by atoms with van der Waals surface area (Å²) in [4.78, 5) is 7.50. The molecule has 1 unspecified atom stereocenters. The number of ether oxygens (including phenoxy) is 2. The average Bonchev–Trinajstić information content (AvgIpc) is 2.15. The van der Waals surface area contributed by atoms with Crippen LogP contribution in [0.2, 0.25) is 5.15 Å². The Morgan fingerprint density at radius 1 is 1.41 bits per heavy atom. The molecule has 4 nitrogen and oxygen atoms in total. The molecule has 0 N–H and O–H groups in total. The summed E-state index contributed by atoms with van der Waals surface area (Å²) in [5.41, 5.74) is 0. The number of alkyl halides is 3. The van der Waals surface area contributed by atoms with E-state index in [1.807, 2.05) is 0 Å². The van der Waals surface area contributed by atoms with E-state index in [9.17, 15) is 13.2 Å². The van der Waals surface area contributed by atoms with E-state index in [0.29, 0.717) is 0 Å². The topological polar surface area (TPSA) is 44.2 Å². The van der Waals surface area contributed by atoms with Gasteiger partial charge in [0.2, 0.25) is 5.88 Å². The molecule has 0 saturated heterocycles. The van der Waals surface area contributed by atoms with E-state index >= 15 is 0 Å². The van der Waals surface area contributed by atoms with Crippen LogP contribution in [-0.2, 0) is 11.3 Å². The van der Waals surface area contributed by atoms with Crippen LogP contribution in [0.5, 0.6) is 5.88 Å². The maximum atomic E-state index is 12.3. The first-order chi connectivity index (χ1) is 7.82. The smallest absolute Gasteiger partial charge is 0.425 e. The molecule has 0 amide bonds. The molecule has 0 aliphatic rings. The molecule has 1 rings (SSSR count). The van der Waals surface area contributed by atoms with E-state index in [-0.39, 0.29) is 23.5 Å². The maximum Gasteiger partial charge on any atom is 0.425 e. The third-order valence-electron chi connectivity index (χ3n) is 1.75. The highest BCUT2D eigenvalue weighted by molar-refractivity contribution is 6.29. The largest absolute Gasteiger partial charge is 0.465 e. The summed E-state index contributed by atoms with van der Waals surface area (Å²) in [7, 11) is 1.41. The summed E-state index contributed by atoms with van der Waals surface area (Å²) in [5, 5.41) is -0.00331. The van der Waals surface area contributed by atoms with Crippen LogP contribution in [0.1, 0.15) is 12.7 Å². The standard InChI is InChI=1S/C9H10ClF3N2O2/c1-5(9(11,12)13)17-8-3-6(10)14-7(15-8)4-16-2/h3,5H,4H2,1-2H3. The summed E-state index contributed by atoms with van der Waals surface area (Å²) in [6, 6.07) is 1.11. The van der Waals surface area contributed by atoms with Crippen LogP contribution in [0.4, 0.5) is 13.2 Å². The number of rotatable bonds is 4. The number of hydrogen-bond acceptors (Lipinski definition) is 4. The van der Waals surface area contributed by atoms with Crippen LogP contribution >= 0.6 is 11.6 Å². The molecule has 1 heterocycles. The van der Waals surface area contributed by atoms with Crippen LogP contribution in [-0.4, -0.2) is 29.4 Å². The van der Waals surface area contributed by atoms with Crippen LogP contribution in [0.3, 0.4) is 0 Å². The molecule has 96 valence electrons. The summed E-state index contributed by atoms with van der Waals surface area (Å²) < 4.78 is 46.2. The van der Waals surface area contributed by atoms with Crippen LogP contribution in [0.15, 0.2) is 6.07 Å². The number of methoxy groups -OCH3 is 1. The molecule has 0 saturated carbocycles. The normalized spacial score (nSPS) is 13.5. The van der Waals surface area contributed by atoms with Gasteiger partial charge in [-0.3, -0.25) is 0 Å². The van der Waals surface area contributed by atoms with Crippen LogP contribution < -0.4 is 4.74 Å². The summed E-state index contributed by atoms with van der Waals surface area (Å²) >= 11 is 5.62. The molecule has 0 bridgehead atoms. The fourth-order valence-corrected chi connectivity index (χ4v) is 1.13. The van der Waals surface area contributed by atoms with Crippen molar-refractivity contribution in [1.82, 2.24) is 9.97 Å². The van der Waals surface area contributed by atoms with Crippen molar-refractivity contribution < 1.29 is 22.6 Å². The van der Waals surface area contributed by atoms with Crippen molar-refractivity contribution in [3.05, 3.63) is 17.0 Å². The van der Waals surface area contributed by atoms with Crippen molar-refractivity contribution in [1.29, 1.82) is 0 Å². The number of aromatic nitrogens is 2. The van der Waals surface area contributed by atoms with Gasteiger partial charge in [0, 0.05) is 13.2 Å². The summed E-state index contributed by atoms with van der Waals surface area (Å²) in [6.07, 6.45) is -6.43. The molecule has 0 aliphatic heterocycles. The van der Waals surface area contributed by atoms with Gasteiger partial charge in [0.15, 0.2) is 11.9 Å². The quantitative estimate of drug-likeness (QED) is 0.789. The van der Waals surface area contributed by atoms with Crippen molar-refractivity contribution in [2.75, 3.05) is 7.11 Å². The second kappa shape index (κ2) is 5.50. The second-order valence-electron chi connectivity index (χ2n) is 3.18. The fourth-order valence-electron chi connectivity index (χ4n) is 0.944. The number of hydrogen-bond donors (Lipinski definition) is 0. The Morgan fingerprint density at radius 2 is 2.06 bits per heavy atom. The lowest BCUT2D eigenvalue weighted by molar-refractivity contribution is -0.190. The predicted octanol–water partition coefficient (Wildman–Crippen LogP) is 2.61. The minimum atomic E-state index is -4.46. The molecule has 1 aromatic rings. The highest BCUT2D eigenvalue weighted by atomic mass is 35.5. The molecule has 0 aromatic carbocycles. The van der Waals surface area contributed by atoms with Gasteiger partial charge in [-0.05, 0) is 6.92 Å². The Morgan fingerprint density at radius 3 is 2.59 bits per heavy atom. The molecule has 0 spiro atoms. The first-order valence-electron chi connectivity index (χ1n) is 4.58. The average molecular weight is 271 g/mol. The molecular weight excluding hydrogens is 261 g/mol. The first-order valence-corrected chi connectivity index (χ1v) is 4.96. The van der Waals surface area contributed by atoms with Crippen molar-refractivity contribution in [3.8, 4) is 5.88 Å². The Labute approximate surface area is 101 Å². The monoisotopic (exact) mass is 270 g/mol. The Kier molecular flexibility index (Phi) is 4.53. The minimum Gasteiger partial charge on any atom is -0.465 e. The van der Waals surface area contributed by atoms with Gasteiger partial charge in [-0.25, -0.2) is 4.98 Å². The van der Waals surface area contributed by atoms with Crippen LogP contribution in [0, 0.1) is 0 Å². The lowest BCUT2D eigenvalue weighted by Crippen LogP contribution is -2.31. The summed E-state index contributed by atoms with van der Waals surface area (Å²) in [6.45, 7) is 0.920. The van der Waals surface area contributed by atoms with E-state index < -0.39 is 12.3 Å². The highest BCUT2D eigenvalue weighted by Crippen LogP contribution is 2.24. The molecule has 8 heteroatoms. The Hall–Kier alpha value is -1.08. The molecule has 0 radical (unpaired) electrons. The molecule has 0 aliphatic carbocycles. The van der Waals surface area contributed by atoms with Crippen LogP contribution in [0.25, 0.3) is 0 Å². The zero-order valence-electron chi connectivity index (χ0n) is 9.08. The minimum absolute atomic E-state index is 0.00331. The van der Waals surface area contributed by atoms with Crippen molar-refractivity contribution in [3.63, 3.8) is 0 Å². The maximum absolute atomic E-state index is 12.3. The van der Waals surface area contributed by atoms with E-state index in [0.717, 1.165) is 13.0 Å². The Bertz CT molecular complexity index is 387. The molecule has 0 fully saturated rings.